The zero-order valence-corrected chi connectivity index (χ0v) is 18.9. The van der Waals surface area contributed by atoms with E-state index in [1.807, 2.05) is 67.6 Å². The predicted molar refractivity (Wildman–Crippen MR) is 133 cm³/mol. The molecular weight excluding hydrogens is 428 g/mol. The molecule has 7 nitrogen and oxygen atoms in total. The van der Waals surface area contributed by atoms with Gasteiger partial charge in [-0.1, -0.05) is 48.5 Å². The van der Waals surface area contributed by atoms with Gasteiger partial charge in [-0.15, -0.1) is 0 Å². The van der Waals surface area contributed by atoms with Crippen LogP contribution in [0.1, 0.15) is 24.6 Å². The normalized spacial score (nSPS) is 12.1. The third kappa shape index (κ3) is 3.92. The summed E-state index contributed by atoms with van der Waals surface area (Å²) in [7, 11) is 1.68. The number of hydrogen-bond donors (Lipinski definition) is 1. The summed E-state index contributed by atoms with van der Waals surface area (Å²) in [6.45, 7) is 2.08. The van der Waals surface area contributed by atoms with E-state index in [2.05, 4.69) is 5.32 Å². The van der Waals surface area contributed by atoms with E-state index < -0.39 is 6.04 Å². The summed E-state index contributed by atoms with van der Waals surface area (Å²) in [5, 5.41) is 5.57. The van der Waals surface area contributed by atoms with E-state index in [0.717, 1.165) is 10.8 Å². The molecule has 0 aliphatic rings. The van der Waals surface area contributed by atoms with E-state index in [9.17, 15) is 9.59 Å². The fraction of sp³-hybridized carbons (Fsp3) is 0.148. The van der Waals surface area contributed by atoms with E-state index >= 15 is 0 Å². The lowest BCUT2D eigenvalue weighted by Gasteiger charge is -2.29. The first-order valence-electron chi connectivity index (χ1n) is 11.1. The molecule has 170 valence electrons. The van der Waals surface area contributed by atoms with Crippen LogP contribution in [0.15, 0.2) is 94.3 Å². The van der Waals surface area contributed by atoms with Crippen LogP contribution in [-0.4, -0.2) is 20.5 Å². The van der Waals surface area contributed by atoms with Crippen LogP contribution >= 0.6 is 0 Å². The summed E-state index contributed by atoms with van der Waals surface area (Å²) in [5.74, 6) is 1.12. The highest BCUT2D eigenvalue weighted by Crippen LogP contribution is 2.26. The number of amides is 2. The van der Waals surface area contributed by atoms with Crippen LogP contribution in [0.3, 0.4) is 0 Å². The number of nitrogens with zero attached hydrogens (tertiary/aromatic N) is 3. The topological polar surface area (TPSA) is 80.4 Å². The Morgan fingerprint density at radius 2 is 1.74 bits per heavy atom. The lowest BCUT2D eigenvalue weighted by molar-refractivity contribution is 0.178. The number of rotatable bonds is 5. The molecule has 5 aromatic rings. The van der Waals surface area contributed by atoms with Gasteiger partial charge in [0.2, 0.25) is 0 Å². The highest BCUT2D eigenvalue weighted by molar-refractivity contribution is 6.01. The second kappa shape index (κ2) is 8.86. The molecule has 2 aromatic heterocycles. The van der Waals surface area contributed by atoms with E-state index in [1.54, 1.807) is 36.4 Å². The zero-order valence-electron chi connectivity index (χ0n) is 18.9. The molecule has 7 heteroatoms. The highest BCUT2D eigenvalue weighted by Gasteiger charge is 2.27. The van der Waals surface area contributed by atoms with Crippen LogP contribution in [0.4, 0.5) is 10.5 Å². The van der Waals surface area contributed by atoms with Crippen molar-refractivity contribution < 1.29 is 9.21 Å². The van der Waals surface area contributed by atoms with Crippen LogP contribution in [0.25, 0.3) is 21.7 Å². The van der Waals surface area contributed by atoms with Crippen LogP contribution in [0.5, 0.6) is 0 Å². The van der Waals surface area contributed by atoms with Crippen molar-refractivity contribution in [1.82, 2.24) is 14.5 Å². The second-order valence-electron chi connectivity index (χ2n) is 8.19. The highest BCUT2D eigenvalue weighted by atomic mass is 16.3. The largest absolute Gasteiger partial charge is 0.467 e. The molecule has 2 heterocycles. The zero-order chi connectivity index (χ0) is 23.7. The summed E-state index contributed by atoms with van der Waals surface area (Å²) in [4.78, 5) is 33.0. The maximum absolute atomic E-state index is 13.6. The van der Waals surface area contributed by atoms with Gasteiger partial charge in [0.15, 0.2) is 0 Å². The number of hydrogen-bond acceptors (Lipinski definition) is 4. The minimum absolute atomic E-state index is 0.153. The summed E-state index contributed by atoms with van der Waals surface area (Å²) in [6.07, 6.45) is 1.57. The quantitative estimate of drug-likeness (QED) is 0.383. The Morgan fingerprint density at radius 1 is 1.00 bits per heavy atom. The van der Waals surface area contributed by atoms with Gasteiger partial charge in [-0.25, -0.2) is 9.78 Å². The molecule has 0 aliphatic heterocycles. The molecule has 0 saturated heterocycles. The number of aromatic nitrogens is 2. The maximum atomic E-state index is 13.6. The number of benzene rings is 3. The molecule has 0 bridgehead atoms. The van der Waals surface area contributed by atoms with Crippen molar-refractivity contribution in [3.63, 3.8) is 0 Å². The SMILES string of the molecule is CC(c1nc2ccccc2c(=O)n1C)N(Cc1ccco1)C(=O)Nc1cccc2ccccc12. The van der Waals surface area contributed by atoms with Gasteiger partial charge in [0.1, 0.15) is 11.6 Å². The molecule has 0 saturated carbocycles. The minimum atomic E-state index is -0.512. The molecule has 0 aliphatic carbocycles. The fourth-order valence-electron chi connectivity index (χ4n) is 4.22. The lowest BCUT2D eigenvalue weighted by Crippen LogP contribution is -2.39. The number of urea groups is 1. The molecule has 3 aromatic carbocycles. The molecule has 2 amide bonds. The first-order chi connectivity index (χ1) is 16.5. The summed E-state index contributed by atoms with van der Waals surface area (Å²) in [5.41, 5.74) is 1.15. The van der Waals surface area contributed by atoms with Gasteiger partial charge in [-0.2, -0.15) is 0 Å². The molecule has 0 fully saturated rings. The number of para-hydroxylation sites is 1. The van der Waals surface area contributed by atoms with E-state index in [1.165, 1.54) is 4.57 Å². The first kappa shape index (κ1) is 21.5. The van der Waals surface area contributed by atoms with Gasteiger partial charge in [0.05, 0.1) is 35.4 Å². The van der Waals surface area contributed by atoms with Gasteiger partial charge >= 0.3 is 6.03 Å². The van der Waals surface area contributed by atoms with Crippen molar-refractivity contribution in [2.45, 2.75) is 19.5 Å². The average molecular weight is 453 g/mol. The monoisotopic (exact) mass is 452 g/mol. The smallest absolute Gasteiger partial charge is 0.322 e. The average Bonchev–Trinajstić information content (AvgIpc) is 3.38. The molecular formula is C27H24N4O3. The summed E-state index contributed by atoms with van der Waals surface area (Å²) < 4.78 is 7.04. The second-order valence-corrected chi connectivity index (χ2v) is 8.19. The lowest BCUT2D eigenvalue weighted by atomic mass is 10.1. The van der Waals surface area contributed by atoms with Crippen LogP contribution in [-0.2, 0) is 13.6 Å². The number of fused-ring (bicyclic) bond motifs is 2. The van der Waals surface area contributed by atoms with Crippen molar-refractivity contribution in [1.29, 1.82) is 0 Å². The summed E-state index contributed by atoms with van der Waals surface area (Å²) in [6, 6.07) is 23.7. The van der Waals surface area contributed by atoms with Crippen molar-refractivity contribution in [3.8, 4) is 0 Å². The van der Waals surface area contributed by atoms with E-state index in [0.29, 0.717) is 28.2 Å². The van der Waals surface area contributed by atoms with Gasteiger partial charge in [0, 0.05) is 12.4 Å². The Kier molecular flexibility index (Phi) is 5.59. The van der Waals surface area contributed by atoms with Gasteiger partial charge in [0.25, 0.3) is 5.56 Å². The molecule has 0 spiro atoms. The third-order valence-electron chi connectivity index (χ3n) is 6.06. The Balaban J connectivity index is 1.55. The van der Waals surface area contributed by atoms with Crippen molar-refractivity contribution >= 4 is 33.4 Å². The third-order valence-corrected chi connectivity index (χ3v) is 6.06. The number of carbonyl (C=O) groups excluding carboxylic acids is 1. The van der Waals surface area contributed by atoms with Crippen molar-refractivity contribution in [2.75, 3.05) is 5.32 Å². The van der Waals surface area contributed by atoms with Crippen LogP contribution in [0, 0.1) is 0 Å². The van der Waals surface area contributed by atoms with Gasteiger partial charge in [-0.05, 0) is 42.6 Å². The van der Waals surface area contributed by atoms with Crippen molar-refractivity contribution in [3.05, 3.63) is 107 Å². The Hall–Kier alpha value is -4.39. The first-order valence-corrected chi connectivity index (χ1v) is 11.1. The minimum Gasteiger partial charge on any atom is -0.467 e. The Morgan fingerprint density at radius 3 is 2.53 bits per heavy atom. The predicted octanol–water partition coefficient (Wildman–Crippen LogP) is 5.48. The molecule has 5 rings (SSSR count). The van der Waals surface area contributed by atoms with E-state index in [-0.39, 0.29) is 18.1 Å². The fourth-order valence-corrected chi connectivity index (χ4v) is 4.22. The van der Waals surface area contributed by atoms with Crippen molar-refractivity contribution in [2.24, 2.45) is 7.05 Å². The molecule has 1 atom stereocenters. The Labute approximate surface area is 196 Å². The molecule has 1 N–H and O–H groups in total. The number of anilines is 1. The van der Waals surface area contributed by atoms with Gasteiger partial charge in [-0.3, -0.25) is 9.36 Å². The summed E-state index contributed by atoms with van der Waals surface area (Å²) >= 11 is 0. The number of nitrogens with one attached hydrogen (secondary N) is 1. The molecule has 34 heavy (non-hydrogen) atoms. The number of furan rings is 1. The van der Waals surface area contributed by atoms with Gasteiger partial charge < -0.3 is 14.6 Å². The Bertz CT molecular complexity index is 1530. The molecule has 1 unspecified atom stereocenters. The number of carbonyl (C=O) groups is 1. The molecule has 0 radical (unpaired) electrons. The maximum Gasteiger partial charge on any atom is 0.322 e. The van der Waals surface area contributed by atoms with E-state index in [4.69, 9.17) is 9.40 Å². The van der Waals surface area contributed by atoms with Crippen LogP contribution < -0.4 is 10.9 Å². The van der Waals surface area contributed by atoms with Crippen LogP contribution in [0.2, 0.25) is 0 Å². The standard InChI is InChI=1S/C27H24N4O3/c1-18(25-28-24-14-6-5-13-22(24)26(32)30(25)2)31(17-20-11-8-16-34-20)27(33)29-23-15-7-10-19-9-3-4-12-21(19)23/h3-16,18H,17H2,1-2H3,(H,29,33).